The minimum atomic E-state index is -3.78. The van der Waals surface area contributed by atoms with E-state index in [-0.39, 0.29) is 44.0 Å². The number of likely N-dealkylation sites (tertiary alicyclic amines) is 1. The molecule has 9 heteroatoms. The lowest BCUT2D eigenvalue weighted by molar-refractivity contribution is -0.154. The van der Waals surface area contributed by atoms with E-state index in [0.29, 0.717) is 5.75 Å². The average molecular weight is 438 g/mol. The Kier molecular flexibility index (Phi) is 8.12. The fourth-order valence-electron chi connectivity index (χ4n) is 3.34. The number of carbonyl (C=O) groups is 2. The van der Waals surface area contributed by atoms with Crippen molar-refractivity contribution in [1.29, 1.82) is 0 Å². The van der Waals surface area contributed by atoms with Crippen molar-refractivity contribution in [3.8, 4) is 17.6 Å². The Morgan fingerprint density at radius 3 is 2.33 bits per heavy atom. The van der Waals surface area contributed by atoms with Crippen molar-refractivity contribution in [2.24, 2.45) is 5.41 Å². The number of nitrogens with zero attached hydrogens (tertiary/aromatic N) is 1. The molecule has 0 N–H and O–H groups in total. The molecule has 0 spiro atoms. The van der Waals surface area contributed by atoms with Gasteiger partial charge in [0.05, 0.1) is 29.8 Å². The van der Waals surface area contributed by atoms with Crippen molar-refractivity contribution >= 4 is 21.9 Å². The first-order valence-electron chi connectivity index (χ1n) is 9.63. The average Bonchev–Trinajstić information content (AvgIpc) is 2.74. The van der Waals surface area contributed by atoms with Crippen molar-refractivity contribution in [2.75, 3.05) is 39.2 Å². The molecule has 1 aliphatic heterocycles. The third-order valence-electron chi connectivity index (χ3n) is 5.00. The Labute approximate surface area is 177 Å². The molecule has 1 heterocycles. The molecule has 1 fully saturated rings. The molecule has 1 aromatic carbocycles. The van der Waals surface area contributed by atoms with Crippen LogP contribution in [0.5, 0.6) is 5.75 Å². The number of sulfone groups is 1. The van der Waals surface area contributed by atoms with Gasteiger partial charge in [-0.05, 0) is 51.0 Å². The van der Waals surface area contributed by atoms with Crippen molar-refractivity contribution in [3.63, 3.8) is 0 Å². The highest BCUT2D eigenvalue weighted by molar-refractivity contribution is 7.91. The number of hydrogen-bond acceptors (Lipinski definition) is 7. The van der Waals surface area contributed by atoms with E-state index < -0.39 is 33.1 Å². The molecule has 8 nitrogen and oxygen atoms in total. The highest BCUT2D eigenvalue weighted by Gasteiger charge is 2.47. The summed E-state index contributed by atoms with van der Waals surface area (Å²) in [4.78, 5) is 26.0. The fourth-order valence-corrected chi connectivity index (χ4v) is 5.19. The van der Waals surface area contributed by atoms with Crippen LogP contribution in [0.1, 0.15) is 26.7 Å². The lowest BCUT2D eigenvalue weighted by atomic mass is 9.80. The molecule has 0 atom stereocenters. The monoisotopic (exact) mass is 437 g/mol. The Balaban J connectivity index is 2.16. The molecule has 1 amide bonds. The van der Waals surface area contributed by atoms with Gasteiger partial charge >= 0.3 is 12.1 Å². The summed E-state index contributed by atoms with van der Waals surface area (Å²) in [6.45, 7) is 4.30. The van der Waals surface area contributed by atoms with Gasteiger partial charge in [0.15, 0.2) is 9.84 Å². The largest absolute Gasteiger partial charge is 0.481 e. The summed E-state index contributed by atoms with van der Waals surface area (Å²) < 4.78 is 41.4. The maximum atomic E-state index is 13.0. The molecule has 0 bridgehead atoms. The Hall–Kier alpha value is -2.73. The van der Waals surface area contributed by atoms with E-state index in [9.17, 15) is 18.0 Å². The molecule has 164 valence electrons. The summed E-state index contributed by atoms with van der Waals surface area (Å²) in [6, 6.07) is 6.00. The van der Waals surface area contributed by atoms with Crippen LogP contribution in [0.3, 0.4) is 0 Å². The number of piperidine rings is 1. The summed E-state index contributed by atoms with van der Waals surface area (Å²) in [5, 5.41) is 0. The van der Waals surface area contributed by atoms with Crippen LogP contribution in [-0.2, 0) is 24.1 Å². The molecular formula is C21H27NO7S. The topological polar surface area (TPSA) is 99.2 Å². The summed E-state index contributed by atoms with van der Waals surface area (Å²) in [5.74, 6) is 4.98. The van der Waals surface area contributed by atoms with Crippen LogP contribution in [0.15, 0.2) is 29.2 Å². The zero-order valence-electron chi connectivity index (χ0n) is 17.5. The summed E-state index contributed by atoms with van der Waals surface area (Å²) in [6.07, 6.45) is -0.120. The van der Waals surface area contributed by atoms with E-state index >= 15 is 0 Å². The van der Waals surface area contributed by atoms with Crippen LogP contribution in [0.2, 0.25) is 0 Å². The Bertz CT molecular complexity index is 905. The molecule has 2 rings (SSSR count). The zero-order valence-corrected chi connectivity index (χ0v) is 18.3. The third kappa shape index (κ3) is 5.66. The first-order chi connectivity index (χ1) is 14.3. The molecule has 1 saturated heterocycles. The number of carbonyl (C=O) groups excluding carboxylic acids is 2. The first kappa shape index (κ1) is 23.5. The Morgan fingerprint density at radius 1 is 1.17 bits per heavy atom. The van der Waals surface area contributed by atoms with Crippen LogP contribution < -0.4 is 4.74 Å². The molecule has 0 radical (unpaired) electrons. The van der Waals surface area contributed by atoms with Crippen molar-refractivity contribution in [3.05, 3.63) is 24.3 Å². The fraction of sp³-hybridized carbons (Fsp3) is 0.524. The van der Waals surface area contributed by atoms with Gasteiger partial charge in [0.25, 0.3) is 0 Å². The van der Waals surface area contributed by atoms with Crippen molar-refractivity contribution in [2.45, 2.75) is 31.6 Å². The van der Waals surface area contributed by atoms with Gasteiger partial charge in [-0.2, -0.15) is 0 Å². The highest BCUT2D eigenvalue weighted by Crippen LogP contribution is 2.36. The number of ether oxygens (including phenoxy) is 3. The standard InChI is InChI=1S/C21H27NO7S/c1-4-6-15-29-17-7-9-18(10-8-17)30(25,26)16-21(19(23)27-3)11-13-22(14-12-21)20(24)28-5-2/h7-10H,5,11-16H2,1-3H3. The SMILES string of the molecule is CC#CCOc1ccc(S(=O)(=O)CC2(C(=O)OC)CCN(C(=O)OCC)CC2)cc1. The molecular weight excluding hydrogens is 410 g/mol. The van der Waals surface area contributed by atoms with Gasteiger partial charge < -0.3 is 19.1 Å². The van der Waals surface area contributed by atoms with Gasteiger partial charge in [0, 0.05) is 13.1 Å². The second kappa shape index (κ2) is 10.3. The van der Waals surface area contributed by atoms with Gasteiger partial charge in [-0.1, -0.05) is 5.92 Å². The number of methoxy groups -OCH3 is 1. The predicted molar refractivity (Wildman–Crippen MR) is 110 cm³/mol. The minimum Gasteiger partial charge on any atom is -0.481 e. The van der Waals surface area contributed by atoms with Crippen LogP contribution in [0.25, 0.3) is 0 Å². The van der Waals surface area contributed by atoms with Gasteiger partial charge in [-0.25, -0.2) is 13.2 Å². The smallest absolute Gasteiger partial charge is 0.409 e. The predicted octanol–water partition coefficient (Wildman–Crippen LogP) is 2.27. The number of amides is 1. The van der Waals surface area contributed by atoms with E-state index in [4.69, 9.17) is 14.2 Å². The maximum absolute atomic E-state index is 13.0. The van der Waals surface area contributed by atoms with E-state index in [2.05, 4.69) is 11.8 Å². The van der Waals surface area contributed by atoms with Crippen molar-refractivity contribution < 1.29 is 32.2 Å². The van der Waals surface area contributed by atoms with Gasteiger partial charge in [0.2, 0.25) is 0 Å². The molecule has 30 heavy (non-hydrogen) atoms. The van der Waals surface area contributed by atoms with E-state index in [1.54, 1.807) is 26.0 Å². The molecule has 0 aromatic heterocycles. The lowest BCUT2D eigenvalue weighted by Crippen LogP contribution is -2.50. The van der Waals surface area contributed by atoms with Crippen LogP contribution in [-0.4, -0.2) is 64.5 Å². The van der Waals surface area contributed by atoms with Crippen LogP contribution in [0.4, 0.5) is 4.79 Å². The highest BCUT2D eigenvalue weighted by atomic mass is 32.2. The number of hydrogen-bond donors (Lipinski definition) is 0. The first-order valence-corrected chi connectivity index (χ1v) is 11.3. The summed E-state index contributed by atoms with van der Waals surface area (Å²) in [7, 11) is -2.55. The maximum Gasteiger partial charge on any atom is 0.409 e. The number of rotatable bonds is 7. The van der Waals surface area contributed by atoms with Gasteiger partial charge in [0.1, 0.15) is 12.4 Å². The molecule has 1 aliphatic rings. The van der Waals surface area contributed by atoms with E-state index in [1.807, 2.05) is 0 Å². The molecule has 0 saturated carbocycles. The molecule has 0 unspecified atom stereocenters. The van der Waals surface area contributed by atoms with Gasteiger partial charge in [-0.15, -0.1) is 5.92 Å². The number of benzene rings is 1. The summed E-state index contributed by atoms with van der Waals surface area (Å²) >= 11 is 0. The summed E-state index contributed by atoms with van der Waals surface area (Å²) in [5.41, 5.74) is -1.22. The van der Waals surface area contributed by atoms with Gasteiger partial charge in [-0.3, -0.25) is 4.79 Å². The third-order valence-corrected chi connectivity index (χ3v) is 6.92. The quantitative estimate of drug-likeness (QED) is 0.477. The van der Waals surface area contributed by atoms with E-state index in [1.165, 1.54) is 24.1 Å². The van der Waals surface area contributed by atoms with E-state index in [0.717, 1.165) is 0 Å². The number of esters is 1. The zero-order chi connectivity index (χ0) is 22.2. The minimum absolute atomic E-state index is 0.0903. The Morgan fingerprint density at radius 2 is 1.80 bits per heavy atom. The molecule has 1 aromatic rings. The van der Waals surface area contributed by atoms with Crippen LogP contribution >= 0.6 is 0 Å². The lowest BCUT2D eigenvalue weighted by Gasteiger charge is -2.38. The second-order valence-corrected chi connectivity index (χ2v) is 8.89. The van der Waals surface area contributed by atoms with Crippen LogP contribution in [0, 0.1) is 17.3 Å². The normalized spacial score (nSPS) is 15.5. The second-order valence-electron chi connectivity index (χ2n) is 6.90. The van der Waals surface area contributed by atoms with Crippen molar-refractivity contribution in [1.82, 2.24) is 4.90 Å². The molecule has 0 aliphatic carbocycles.